The molecule has 0 saturated carbocycles. The molecule has 1 aromatic rings. The predicted octanol–water partition coefficient (Wildman–Crippen LogP) is 1.70. The second kappa shape index (κ2) is 8.18. The maximum atomic E-state index is 12.4. The number of nitrogens with zero attached hydrogens (tertiary/aromatic N) is 1. The van der Waals surface area contributed by atoms with Gasteiger partial charge in [-0.05, 0) is 37.4 Å². The Morgan fingerprint density at radius 1 is 1.62 bits per heavy atom. The fourth-order valence-corrected chi connectivity index (χ4v) is 3.26. The van der Waals surface area contributed by atoms with Gasteiger partial charge in [-0.25, -0.2) is 0 Å². The van der Waals surface area contributed by atoms with Crippen LogP contribution in [0.3, 0.4) is 0 Å². The summed E-state index contributed by atoms with van der Waals surface area (Å²) in [6.07, 6.45) is 2.61. The molecule has 2 N–H and O–H groups in total. The first kappa shape index (κ1) is 16.0. The van der Waals surface area contributed by atoms with Gasteiger partial charge in [0.15, 0.2) is 0 Å². The molecule has 1 unspecified atom stereocenters. The molecule has 114 valence electrons. The van der Waals surface area contributed by atoms with E-state index in [1.165, 1.54) is 11.3 Å². The zero-order valence-electron chi connectivity index (χ0n) is 12.4. The Balaban J connectivity index is 1.98. The molecule has 1 amide bonds. The van der Waals surface area contributed by atoms with Crippen molar-refractivity contribution in [3.05, 3.63) is 21.9 Å². The number of nitrogens with one attached hydrogen (secondary N) is 1. The lowest BCUT2D eigenvalue weighted by Gasteiger charge is -2.32. The number of thiophene rings is 1. The van der Waals surface area contributed by atoms with Crippen LogP contribution < -0.4 is 5.32 Å². The second-order valence-electron chi connectivity index (χ2n) is 5.14. The lowest BCUT2D eigenvalue weighted by Crippen LogP contribution is -2.47. The molecular weight excluding hydrogens is 284 g/mol. The average molecular weight is 306 g/mol. The van der Waals surface area contributed by atoms with E-state index in [1.54, 1.807) is 0 Å². The third-order valence-electron chi connectivity index (χ3n) is 3.62. The lowest BCUT2D eigenvalue weighted by molar-refractivity contribution is 0.0910. The Morgan fingerprint density at radius 3 is 3.24 bits per heavy atom. The zero-order chi connectivity index (χ0) is 15.1. The highest BCUT2D eigenvalue weighted by Gasteiger charge is 2.22. The van der Waals surface area contributed by atoms with Gasteiger partial charge in [0, 0.05) is 24.6 Å². The van der Waals surface area contributed by atoms with Crippen molar-refractivity contribution in [1.29, 1.82) is 0 Å². The van der Waals surface area contributed by atoms with Crippen molar-refractivity contribution in [2.24, 2.45) is 0 Å². The normalized spacial score (nSPS) is 18.9. The minimum absolute atomic E-state index is 0.0266. The minimum Gasteiger partial charge on any atom is -0.395 e. The van der Waals surface area contributed by atoms with Gasteiger partial charge in [-0.1, -0.05) is 18.8 Å². The molecular formula is C16H22N2O2S. The molecule has 4 nitrogen and oxygen atoms in total. The summed E-state index contributed by atoms with van der Waals surface area (Å²) in [5.74, 6) is 5.81. The molecule has 21 heavy (non-hydrogen) atoms. The minimum atomic E-state index is -0.0266. The number of hydrogen-bond acceptors (Lipinski definition) is 4. The monoisotopic (exact) mass is 306 g/mol. The number of aliphatic hydroxyl groups is 1. The molecule has 1 fully saturated rings. The molecule has 1 aliphatic rings. The maximum absolute atomic E-state index is 12.4. The fourth-order valence-electron chi connectivity index (χ4n) is 2.51. The van der Waals surface area contributed by atoms with E-state index in [2.05, 4.69) is 29.0 Å². The summed E-state index contributed by atoms with van der Waals surface area (Å²) in [4.78, 5) is 15.4. The predicted molar refractivity (Wildman–Crippen MR) is 85.5 cm³/mol. The Kier molecular flexibility index (Phi) is 6.24. The Morgan fingerprint density at radius 2 is 2.48 bits per heavy atom. The summed E-state index contributed by atoms with van der Waals surface area (Å²) < 4.78 is 0. The van der Waals surface area contributed by atoms with Gasteiger partial charge >= 0.3 is 0 Å². The van der Waals surface area contributed by atoms with Crippen molar-refractivity contribution in [2.45, 2.75) is 32.2 Å². The van der Waals surface area contributed by atoms with Gasteiger partial charge in [-0.2, -0.15) is 0 Å². The third-order valence-corrected chi connectivity index (χ3v) is 4.53. The van der Waals surface area contributed by atoms with Crippen molar-refractivity contribution < 1.29 is 9.90 Å². The zero-order valence-corrected chi connectivity index (χ0v) is 13.2. The summed E-state index contributed by atoms with van der Waals surface area (Å²) in [6, 6.07) is 2.09. The lowest BCUT2D eigenvalue weighted by atomic mass is 10.1. The third kappa shape index (κ3) is 4.57. The summed E-state index contributed by atoms with van der Waals surface area (Å²) >= 11 is 1.42. The van der Waals surface area contributed by atoms with Gasteiger partial charge in [-0.3, -0.25) is 4.79 Å². The number of amides is 1. The van der Waals surface area contributed by atoms with Crippen LogP contribution in [0.2, 0.25) is 0 Å². The molecule has 0 spiro atoms. The average Bonchev–Trinajstić information content (AvgIpc) is 2.96. The Labute approximate surface area is 130 Å². The summed E-state index contributed by atoms with van der Waals surface area (Å²) in [5, 5.41) is 13.8. The van der Waals surface area contributed by atoms with E-state index in [0.717, 1.165) is 38.0 Å². The summed E-state index contributed by atoms with van der Waals surface area (Å²) in [5.41, 5.74) is 0.758. The number of piperidine rings is 1. The van der Waals surface area contributed by atoms with E-state index in [1.807, 2.05) is 11.4 Å². The van der Waals surface area contributed by atoms with Gasteiger partial charge in [-0.15, -0.1) is 11.3 Å². The van der Waals surface area contributed by atoms with Gasteiger partial charge in [0.25, 0.3) is 5.91 Å². The number of hydrogen-bond donors (Lipinski definition) is 2. The highest BCUT2D eigenvalue weighted by Crippen LogP contribution is 2.17. The molecule has 0 aromatic carbocycles. The van der Waals surface area contributed by atoms with Crippen LogP contribution in [-0.4, -0.2) is 48.2 Å². The van der Waals surface area contributed by atoms with E-state index in [4.69, 9.17) is 5.11 Å². The number of likely N-dealkylation sites (tertiary alicyclic amines) is 1. The second-order valence-corrected chi connectivity index (χ2v) is 6.06. The molecule has 0 aliphatic carbocycles. The highest BCUT2D eigenvalue weighted by molar-refractivity contribution is 7.12. The first-order valence-corrected chi connectivity index (χ1v) is 8.33. The van der Waals surface area contributed by atoms with Crippen molar-refractivity contribution in [3.63, 3.8) is 0 Å². The molecule has 2 heterocycles. The standard InChI is InChI=1S/C16H22N2O2S/c1-2-18-9-5-7-14(12-18)17-16(20)15-13(8-11-21-15)6-3-4-10-19/h8,11,14,19H,2,4-5,7,9-10,12H2,1H3,(H,17,20). The quantitative estimate of drug-likeness (QED) is 0.833. The fraction of sp³-hybridized carbons (Fsp3) is 0.562. The molecule has 0 radical (unpaired) electrons. The van der Waals surface area contributed by atoms with E-state index in [9.17, 15) is 4.79 Å². The van der Waals surface area contributed by atoms with Crippen LogP contribution in [-0.2, 0) is 0 Å². The molecule has 1 saturated heterocycles. The number of rotatable bonds is 4. The first-order chi connectivity index (χ1) is 10.2. The Bertz CT molecular complexity index is 530. The molecule has 1 aromatic heterocycles. The van der Waals surface area contributed by atoms with E-state index in [0.29, 0.717) is 11.3 Å². The van der Waals surface area contributed by atoms with E-state index >= 15 is 0 Å². The molecule has 0 bridgehead atoms. The van der Waals surface area contributed by atoms with Gasteiger partial charge in [0.2, 0.25) is 0 Å². The first-order valence-electron chi connectivity index (χ1n) is 7.45. The Hall–Kier alpha value is -1.35. The SMILES string of the molecule is CCN1CCCC(NC(=O)c2sccc2C#CCCO)C1. The van der Waals surface area contributed by atoms with Crippen LogP contribution in [0, 0.1) is 11.8 Å². The van der Waals surface area contributed by atoms with E-state index < -0.39 is 0 Å². The van der Waals surface area contributed by atoms with Crippen LogP contribution in [0.5, 0.6) is 0 Å². The van der Waals surface area contributed by atoms with Gasteiger partial charge in [0.05, 0.1) is 6.61 Å². The largest absolute Gasteiger partial charge is 0.395 e. The number of carbonyl (C=O) groups excluding carboxylic acids is 1. The summed E-state index contributed by atoms with van der Waals surface area (Å²) in [6.45, 7) is 5.29. The number of carbonyl (C=O) groups is 1. The van der Waals surface area contributed by atoms with Crippen molar-refractivity contribution in [2.75, 3.05) is 26.2 Å². The molecule has 2 rings (SSSR count). The van der Waals surface area contributed by atoms with Crippen LogP contribution in [0.15, 0.2) is 11.4 Å². The van der Waals surface area contributed by atoms with Crippen molar-refractivity contribution in [1.82, 2.24) is 10.2 Å². The van der Waals surface area contributed by atoms with Crippen LogP contribution in [0.25, 0.3) is 0 Å². The van der Waals surface area contributed by atoms with E-state index in [-0.39, 0.29) is 18.6 Å². The summed E-state index contributed by atoms with van der Waals surface area (Å²) in [7, 11) is 0. The smallest absolute Gasteiger partial charge is 0.262 e. The molecule has 5 heteroatoms. The van der Waals surface area contributed by atoms with Crippen molar-refractivity contribution in [3.8, 4) is 11.8 Å². The number of aliphatic hydroxyl groups excluding tert-OH is 1. The van der Waals surface area contributed by atoms with Crippen LogP contribution in [0.4, 0.5) is 0 Å². The van der Waals surface area contributed by atoms with Gasteiger partial charge < -0.3 is 15.3 Å². The van der Waals surface area contributed by atoms with Crippen LogP contribution in [0.1, 0.15) is 41.4 Å². The number of likely N-dealkylation sites (N-methyl/N-ethyl adjacent to an activating group) is 1. The topological polar surface area (TPSA) is 52.6 Å². The molecule has 1 atom stereocenters. The van der Waals surface area contributed by atoms with Gasteiger partial charge in [0.1, 0.15) is 4.88 Å². The maximum Gasteiger partial charge on any atom is 0.262 e. The highest BCUT2D eigenvalue weighted by atomic mass is 32.1. The van der Waals surface area contributed by atoms with Crippen molar-refractivity contribution >= 4 is 17.2 Å². The van der Waals surface area contributed by atoms with Crippen LogP contribution >= 0.6 is 11.3 Å². The molecule has 1 aliphatic heterocycles.